The lowest BCUT2D eigenvalue weighted by Crippen LogP contribution is -2.40. The number of carbonyl (C=O) groups excluding carboxylic acids is 6. The number of halogens is 2. The number of amides is 6. The van der Waals surface area contributed by atoms with Gasteiger partial charge >= 0.3 is 12.1 Å². The van der Waals surface area contributed by atoms with Crippen LogP contribution in [0.4, 0.5) is 21.2 Å². The summed E-state index contributed by atoms with van der Waals surface area (Å²) in [4.78, 5) is 83.8. The number of anilines is 2. The molecule has 3 aliphatic rings. The van der Waals surface area contributed by atoms with Crippen LogP contribution < -0.4 is 22.1 Å². The second kappa shape index (κ2) is 24.2. The molecule has 6 N–H and O–H groups in total. The molecule has 6 aromatic rings. The summed E-state index contributed by atoms with van der Waals surface area (Å²) in [6.07, 6.45) is 12.0. The van der Waals surface area contributed by atoms with Crippen LogP contribution in [0.3, 0.4) is 0 Å². The quantitative estimate of drug-likeness (QED) is 0.0416. The monoisotopic (exact) mass is 1050 g/mol. The van der Waals surface area contributed by atoms with Gasteiger partial charge in [0.1, 0.15) is 27.4 Å². The third-order valence-electron chi connectivity index (χ3n) is 10.9. The predicted octanol–water partition coefficient (Wildman–Crippen LogP) is 9.07. The number of nitrogens with zero attached hydrogens (tertiary/aromatic N) is 8. The Kier molecular flexibility index (Phi) is 18.0. The number of para-hydroxylation sites is 2. The van der Waals surface area contributed by atoms with E-state index in [0.29, 0.717) is 50.7 Å². The van der Waals surface area contributed by atoms with Gasteiger partial charge in [-0.15, -0.1) is 0 Å². The Labute approximate surface area is 407 Å². The molecule has 6 amide bonds. The average molecular weight is 1050 g/mol. The molecule has 9 rings (SSSR count). The van der Waals surface area contributed by atoms with Crippen LogP contribution in [0.1, 0.15) is 74.2 Å². The molecule has 5 heterocycles. The van der Waals surface area contributed by atoms with Crippen LogP contribution in [0.5, 0.6) is 0 Å². The summed E-state index contributed by atoms with van der Waals surface area (Å²) in [5.41, 5.74) is 20.9. The second-order valence-corrected chi connectivity index (χ2v) is 17.8. The lowest BCUT2D eigenvalue weighted by atomic mass is 10.1. The first kappa shape index (κ1) is 50.5. The molecule has 2 saturated carbocycles. The number of aromatic nitrogens is 4. The molecule has 1 aliphatic heterocycles. The second-order valence-electron chi connectivity index (χ2n) is 16.2. The third-order valence-corrected chi connectivity index (χ3v) is 11.8. The summed E-state index contributed by atoms with van der Waals surface area (Å²) < 4.78 is 8.98. The van der Waals surface area contributed by atoms with E-state index in [1.54, 1.807) is 65.7 Å². The Bertz CT molecular complexity index is 2850. The molecule has 4 aromatic heterocycles. The first-order chi connectivity index (χ1) is 32.7. The van der Waals surface area contributed by atoms with Crippen molar-refractivity contribution in [1.82, 2.24) is 24.0 Å². The summed E-state index contributed by atoms with van der Waals surface area (Å²) >= 11 is 6.53. The van der Waals surface area contributed by atoms with E-state index in [2.05, 4.69) is 69.4 Å². The summed E-state index contributed by atoms with van der Waals surface area (Å²) in [7, 11) is 0. The van der Waals surface area contributed by atoms with Crippen molar-refractivity contribution < 1.29 is 33.5 Å². The highest BCUT2D eigenvalue weighted by molar-refractivity contribution is 9.10. The van der Waals surface area contributed by atoms with Gasteiger partial charge in [0.15, 0.2) is 0 Å². The highest BCUT2D eigenvalue weighted by atomic mass is 79.9. The minimum absolute atomic E-state index is 0.0495. The van der Waals surface area contributed by atoms with E-state index in [4.69, 9.17) is 21.7 Å². The van der Waals surface area contributed by atoms with Gasteiger partial charge in [-0.1, -0.05) is 61.4 Å². The van der Waals surface area contributed by atoms with Crippen molar-refractivity contribution in [2.75, 3.05) is 23.8 Å². The topological polar surface area (TPSA) is 275 Å². The fraction of sp³-hybridized carbons (Fsp3) is 0.319. The fourth-order valence-corrected chi connectivity index (χ4v) is 7.94. The van der Waals surface area contributed by atoms with Gasteiger partial charge in [0.05, 0.1) is 29.1 Å². The number of benzene rings is 2. The van der Waals surface area contributed by atoms with Crippen molar-refractivity contribution in [3.8, 4) is 0 Å². The van der Waals surface area contributed by atoms with E-state index in [1.807, 2.05) is 30.3 Å². The lowest BCUT2D eigenvalue weighted by molar-refractivity contribution is -0.134. The van der Waals surface area contributed by atoms with Crippen LogP contribution in [-0.2, 0) is 25.5 Å². The van der Waals surface area contributed by atoms with Gasteiger partial charge in [-0.05, 0) is 129 Å². The minimum atomic E-state index is -0.747. The van der Waals surface area contributed by atoms with E-state index in [0.717, 1.165) is 46.3 Å². The van der Waals surface area contributed by atoms with E-state index in [-0.39, 0.29) is 42.3 Å². The molecule has 19 nitrogen and oxygen atoms in total. The zero-order valence-corrected chi connectivity index (χ0v) is 40.3. The number of carbonyl (C=O) groups is 6. The number of hydrogen-bond donors (Lipinski definition) is 4. The molecule has 3 fully saturated rings. The summed E-state index contributed by atoms with van der Waals surface area (Å²) in [6, 6.07) is 23.4. The number of nitrogens with two attached hydrogens (primary N) is 2. The number of pyridine rings is 2. The standard InChI is InChI=1S/C21H20BrN5O3.C11H13BrN2O.C10H7N5O2.C5H10O/c22-17-6-3-7-18(24-17)25-19(28)12-26(14-8-9-14)20(29)10-13-11-27(21(23)30)16-5-2-1-4-15(13)16;12-9-2-1-3-10(13-9)14-11(15)7-6-8-4-5-8;11-10(17)15-5-7(9(16)13-14-12)6-3-1-2-4-8(6)15;1-5-3-2-4-6-5/h1-7,11,14H,8-10,12H2,(H2,23,30)(H,24,25,28);1-3,8H,4-7H2,(H,13,14,15);1-5H,(H2,11,17);5H,2-4H2,1H3. The molecule has 1 atom stereocenters. The Morgan fingerprint density at radius 1 is 0.779 bits per heavy atom. The average Bonchev–Trinajstić information content (AvgIpc) is 4.21. The first-order valence-electron chi connectivity index (χ1n) is 21.8. The molecule has 1 saturated heterocycles. The molecule has 354 valence electrons. The molecule has 0 radical (unpaired) electrons. The van der Waals surface area contributed by atoms with E-state index in [9.17, 15) is 28.8 Å². The van der Waals surface area contributed by atoms with Gasteiger partial charge in [0.25, 0.3) is 5.91 Å². The number of fused-ring (bicyclic) bond motifs is 2. The smallest absolute Gasteiger partial charge is 0.323 e. The van der Waals surface area contributed by atoms with Crippen LogP contribution >= 0.6 is 31.9 Å². The van der Waals surface area contributed by atoms with Crippen LogP contribution in [-0.4, -0.2) is 85.0 Å². The number of nitrogens with one attached hydrogen (secondary N) is 2. The Hall–Kier alpha value is -6.93. The van der Waals surface area contributed by atoms with E-state index >= 15 is 0 Å². The third kappa shape index (κ3) is 14.8. The first-order valence-corrected chi connectivity index (χ1v) is 23.4. The largest absolute Gasteiger partial charge is 0.379 e. The molecule has 1 unspecified atom stereocenters. The molecule has 2 aromatic carbocycles. The molecular weight excluding hydrogens is 1000 g/mol. The van der Waals surface area contributed by atoms with Gasteiger partial charge < -0.3 is 31.7 Å². The molecule has 2 aliphatic carbocycles. The van der Waals surface area contributed by atoms with Crippen LogP contribution in [0, 0.1) is 5.92 Å². The van der Waals surface area contributed by atoms with Crippen molar-refractivity contribution in [3.05, 3.63) is 128 Å². The Morgan fingerprint density at radius 3 is 1.87 bits per heavy atom. The highest BCUT2D eigenvalue weighted by Gasteiger charge is 2.34. The highest BCUT2D eigenvalue weighted by Crippen LogP contribution is 2.33. The molecule has 0 spiro atoms. The Morgan fingerprint density at radius 2 is 1.35 bits per heavy atom. The molecule has 0 bridgehead atoms. The minimum Gasteiger partial charge on any atom is -0.379 e. The number of rotatable bonds is 11. The van der Waals surface area contributed by atoms with Gasteiger partial charge in [-0.3, -0.25) is 28.3 Å². The lowest BCUT2D eigenvalue weighted by Gasteiger charge is -2.21. The predicted molar refractivity (Wildman–Crippen MR) is 263 cm³/mol. The Balaban J connectivity index is 0.000000169. The maximum Gasteiger partial charge on any atom is 0.323 e. The van der Waals surface area contributed by atoms with Crippen molar-refractivity contribution >= 4 is 101 Å². The zero-order chi connectivity index (χ0) is 48.7. The van der Waals surface area contributed by atoms with Crippen LogP contribution in [0.2, 0.25) is 0 Å². The van der Waals surface area contributed by atoms with E-state index < -0.39 is 18.0 Å². The van der Waals surface area contributed by atoms with Gasteiger partial charge in [-0.2, -0.15) is 0 Å². The van der Waals surface area contributed by atoms with Gasteiger partial charge in [0, 0.05) is 47.1 Å². The van der Waals surface area contributed by atoms with Crippen molar-refractivity contribution in [2.24, 2.45) is 22.5 Å². The zero-order valence-electron chi connectivity index (χ0n) is 37.1. The number of primary amides is 2. The molecular formula is C47H50Br2N12O7. The normalized spacial score (nSPS) is 14.7. The SMILES string of the molecule is CC1CCCO1.NC(=O)n1cc(CC(=O)N(CC(=O)Nc2cccc(Br)n2)C2CC2)c2ccccc21.O=C(CCC1CC1)Nc1cccc(Br)n1.[N-]=[N+]=NC(=O)c1cn(C(N)=O)c2ccccc12. The molecule has 21 heteroatoms. The van der Waals surface area contributed by atoms with Crippen molar-refractivity contribution in [1.29, 1.82) is 0 Å². The summed E-state index contributed by atoms with van der Waals surface area (Å²) in [5.74, 6) is 0.678. The number of azide groups is 1. The summed E-state index contributed by atoms with van der Waals surface area (Å²) in [6.45, 7) is 3.06. The number of hydrogen-bond acceptors (Lipinski definition) is 9. The summed E-state index contributed by atoms with van der Waals surface area (Å²) in [5, 5.41) is 9.82. The molecule has 68 heavy (non-hydrogen) atoms. The fourth-order valence-electron chi connectivity index (χ4n) is 7.25. The maximum absolute atomic E-state index is 13.1. The van der Waals surface area contributed by atoms with Crippen molar-refractivity contribution in [3.63, 3.8) is 0 Å². The maximum atomic E-state index is 13.1. The van der Waals surface area contributed by atoms with Crippen LogP contribution in [0.25, 0.3) is 32.2 Å². The van der Waals surface area contributed by atoms with Crippen LogP contribution in [0.15, 0.2) is 112 Å². The number of ether oxygens (including phenoxy) is 1. The van der Waals surface area contributed by atoms with Crippen molar-refractivity contribution in [2.45, 2.75) is 76.9 Å². The van der Waals surface area contributed by atoms with Gasteiger partial charge in [-0.25, -0.2) is 19.6 Å². The van der Waals surface area contributed by atoms with Gasteiger partial charge in [0.2, 0.25) is 17.7 Å². The van der Waals surface area contributed by atoms with E-state index in [1.165, 1.54) is 36.4 Å².